The lowest BCUT2D eigenvalue weighted by Gasteiger charge is -2.19. The highest BCUT2D eigenvalue weighted by atomic mass is 15.0. The van der Waals surface area contributed by atoms with E-state index in [1.54, 1.807) is 6.07 Å². The molecule has 0 N–H and O–H groups in total. The van der Waals surface area contributed by atoms with E-state index in [0.29, 0.717) is 11.4 Å². The maximum atomic E-state index is 10.6. The van der Waals surface area contributed by atoms with Gasteiger partial charge in [-0.05, 0) is 48.5 Å². The van der Waals surface area contributed by atoms with E-state index in [1.807, 2.05) is 85.8 Å². The molecule has 7 nitrogen and oxygen atoms in total. The Kier molecular flexibility index (Phi) is 6.71. The van der Waals surface area contributed by atoms with Gasteiger partial charge in [-0.25, -0.2) is 0 Å². The van der Waals surface area contributed by atoms with Crippen LogP contribution in [0.25, 0.3) is 86.9 Å². The SMILES string of the molecule is [C-]#[N+]c1ccc(-c2c3c4ccccc4n(-c4ccccc4)c3c(-c3ccc(C)nc3[N+]#[C-])c3c4ccccc4n(-c4ccccc4)c23)c(C#N)n1. The standard InChI is InChI=1S/C44H25N7/c1-27-22-23-33(44(47-3)48-27)41-40-32-19-11-13-21-36(32)50(28-14-6-4-7-15-28)42(40)38(30-24-25-37(46-2)49-34(30)26-45)39-31-18-10-12-20-35(31)51(43(39)41)29-16-8-5-9-17-29/h4-25H,1H3. The van der Waals surface area contributed by atoms with Gasteiger partial charge in [0.1, 0.15) is 11.8 Å². The predicted octanol–water partition coefficient (Wildman–Crippen LogP) is 11.3. The number of aromatic nitrogens is 4. The van der Waals surface area contributed by atoms with E-state index in [9.17, 15) is 5.26 Å². The maximum Gasteiger partial charge on any atom is 0.277 e. The summed E-state index contributed by atoms with van der Waals surface area (Å²) in [5.41, 5.74) is 9.54. The molecule has 0 aliphatic heterocycles. The number of aryl methyl sites for hydroxylation is 1. The highest BCUT2D eigenvalue weighted by Gasteiger charge is 2.31. The van der Waals surface area contributed by atoms with Crippen LogP contribution in [-0.2, 0) is 0 Å². The minimum Gasteiger partial charge on any atom is -0.361 e. The highest BCUT2D eigenvalue weighted by molar-refractivity contribution is 6.33. The van der Waals surface area contributed by atoms with Crippen LogP contribution < -0.4 is 0 Å². The third kappa shape index (κ3) is 4.35. The molecule has 9 aromatic rings. The zero-order valence-corrected chi connectivity index (χ0v) is 27.3. The number of rotatable bonds is 4. The van der Waals surface area contributed by atoms with Gasteiger partial charge in [-0.1, -0.05) is 98.1 Å². The van der Waals surface area contributed by atoms with Gasteiger partial charge in [-0.3, -0.25) is 0 Å². The Morgan fingerprint density at radius 2 is 1.08 bits per heavy atom. The average Bonchev–Trinajstić information content (AvgIpc) is 3.71. The molecule has 5 aromatic carbocycles. The molecule has 236 valence electrons. The Morgan fingerprint density at radius 1 is 0.569 bits per heavy atom. The summed E-state index contributed by atoms with van der Waals surface area (Å²) in [6.45, 7) is 17.9. The summed E-state index contributed by atoms with van der Waals surface area (Å²) in [5.74, 6) is 0.467. The minimum absolute atomic E-state index is 0.155. The molecule has 4 heterocycles. The first kappa shape index (κ1) is 29.6. The molecule has 0 aliphatic rings. The van der Waals surface area contributed by atoms with Crippen molar-refractivity contribution in [3.63, 3.8) is 0 Å². The zero-order valence-electron chi connectivity index (χ0n) is 27.3. The van der Waals surface area contributed by atoms with Crippen molar-refractivity contribution in [2.24, 2.45) is 0 Å². The number of fused-ring (bicyclic) bond motifs is 6. The number of nitriles is 1. The lowest BCUT2D eigenvalue weighted by Crippen LogP contribution is -2.01. The number of nitrogens with zero attached hydrogens (tertiary/aromatic N) is 7. The van der Waals surface area contributed by atoms with Crippen molar-refractivity contribution in [1.29, 1.82) is 5.26 Å². The fourth-order valence-corrected chi connectivity index (χ4v) is 7.53. The quantitative estimate of drug-likeness (QED) is 0.178. The first-order valence-electron chi connectivity index (χ1n) is 16.4. The molecule has 7 heteroatoms. The van der Waals surface area contributed by atoms with Crippen molar-refractivity contribution in [2.45, 2.75) is 6.92 Å². The van der Waals surface area contributed by atoms with E-state index in [1.165, 1.54) is 0 Å². The van der Waals surface area contributed by atoms with Crippen LogP contribution in [0.1, 0.15) is 11.4 Å². The van der Waals surface area contributed by atoms with E-state index < -0.39 is 0 Å². The third-order valence-corrected chi connectivity index (χ3v) is 9.51. The Bertz CT molecular complexity index is 3000. The topological polar surface area (TPSA) is 68.2 Å². The van der Waals surface area contributed by atoms with Gasteiger partial charge in [0.15, 0.2) is 0 Å². The smallest absolute Gasteiger partial charge is 0.277 e. The lowest BCUT2D eigenvalue weighted by atomic mass is 9.89. The van der Waals surface area contributed by atoms with Gasteiger partial charge < -0.3 is 18.8 Å². The molecular weight excluding hydrogens is 627 g/mol. The molecular formula is C44H25N7. The first-order valence-corrected chi connectivity index (χ1v) is 16.4. The fraction of sp³-hybridized carbons (Fsp3) is 0.0227. The second-order valence-corrected chi connectivity index (χ2v) is 12.3. The summed E-state index contributed by atoms with van der Waals surface area (Å²) in [7, 11) is 0. The molecule has 4 aromatic heterocycles. The minimum atomic E-state index is 0.155. The molecule has 0 saturated heterocycles. The molecule has 0 unspecified atom stereocenters. The van der Waals surface area contributed by atoms with E-state index in [4.69, 9.17) is 18.1 Å². The van der Waals surface area contributed by atoms with Crippen LogP contribution in [-0.4, -0.2) is 19.1 Å². The summed E-state index contributed by atoms with van der Waals surface area (Å²) < 4.78 is 4.51. The first-order chi connectivity index (χ1) is 25.1. The highest BCUT2D eigenvalue weighted by Crippen LogP contribution is 2.53. The predicted molar refractivity (Wildman–Crippen MR) is 204 cm³/mol. The Hall–Kier alpha value is -7.53. The van der Waals surface area contributed by atoms with Gasteiger partial charge in [0.2, 0.25) is 5.69 Å². The molecule has 0 radical (unpaired) electrons. The zero-order chi connectivity index (χ0) is 34.6. The summed E-state index contributed by atoms with van der Waals surface area (Å²) in [4.78, 5) is 16.8. The molecule has 0 atom stereocenters. The summed E-state index contributed by atoms with van der Waals surface area (Å²) in [6, 6.07) is 46.8. The lowest BCUT2D eigenvalue weighted by molar-refractivity contribution is 1.17. The molecule has 0 saturated carbocycles. The van der Waals surface area contributed by atoms with Gasteiger partial charge in [0, 0.05) is 62.1 Å². The van der Waals surface area contributed by atoms with Crippen molar-refractivity contribution in [2.75, 3.05) is 0 Å². The molecule has 0 fully saturated rings. The fourth-order valence-electron chi connectivity index (χ4n) is 7.53. The van der Waals surface area contributed by atoms with Crippen LogP contribution in [0, 0.1) is 31.4 Å². The molecule has 0 aliphatic carbocycles. The van der Waals surface area contributed by atoms with Crippen molar-refractivity contribution >= 4 is 55.2 Å². The number of hydrogen-bond donors (Lipinski definition) is 0. The molecule has 9 rings (SSSR count). The van der Waals surface area contributed by atoms with E-state index in [-0.39, 0.29) is 11.5 Å². The van der Waals surface area contributed by atoms with Crippen LogP contribution in [0.5, 0.6) is 0 Å². The number of benzene rings is 5. The van der Waals surface area contributed by atoms with Crippen molar-refractivity contribution < 1.29 is 0 Å². The largest absolute Gasteiger partial charge is 0.361 e. The normalized spacial score (nSPS) is 11.2. The Balaban J connectivity index is 1.69. The molecule has 51 heavy (non-hydrogen) atoms. The second-order valence-electron chi connectivity index (χ2n) is 12.3. The van der Waals surface area contributed by atoms with Gasteiger partial charge in [0.25, 0.3) is 11.6 Å². The van der Waals surface area contributed by atoms with E-state index in [2.05, 4.69) is 78.4 Å². The molecule has 0 amide bonds. The Labute approximate surface area is 293 Å². The van der Waals surface area contributed by atoms with Crippen LogP contribution in [0.3, 0.4) is 0 Å². The summed E-state index contributed by atoms with van der Waals surface area (Å²) in [5, 5.41) is 14.4. The van der Waals surface area contributed by atoms with Crippen molar-refractivity contribution in [3.8, 4) is 39.7 Å². The number of pyridine rings is 2. The monoisotopic (exact) mass is 651 g/mol. The van der Waals surface area contributed by atoms with Gasteiger partial charge >= 0.3 is 0 Å². The van der Waals surface area contributed by atoms with Crippen LogP contribution in [0.15, 0.2) is 133 Å². The van der Waals surface area contributed by atoms with Gasteiger partial charge in [0.05, 0.1) is 22.1 Å². The number of hydrogen-bond acceptors (Lipinski definition) is 3. The van der Waals surface area contributed by atoms with Crippen LogP contribution in [0.4, 0.5) is 11.6 Å². The van der Waals surface area contributed by atoms with Crippen LogP contribution in [0.2, 0.25) is 0 Å². The van der Waals surface area contributed by atoms with E-state index >= 15 is 0 Å². The van der Waals surface area contributed by atoms with Crippen molar-refractivity contribution in [1.82, 2.24) is 19.1 Å². The summed E-state index contributed by atoms with van der Waals surface area (Å²) >= 11 is 0. The Morgan fingerprint density at radius 3 is 1.61 bits per heavy atom. The maximum absolute atomic E-state index is 10.6. The van der Waals surface area contributed by atoms with Gasteiger partial charge in [-0.2, -0.15) is 5.26 Å². The van der Waals surface area contributed by atoms with E-state index in [0.717, 1.165) is 77.4 Å². The third-order valence-electron chi connectivity index (χ3n) is 9.51. The molecule has 0 spiro atoms. The molecule has 0 bridgehead atoms. The average molecular weight is 652 g/mol. The van der Waals surface area contributed by atoms with Crippen molar-refractivity contribution in [3.05, 3.63) is 168 Å². The van der Waals surface area contributed by atoms with Gasteiger partial charge in [-0.15, -0.1) is 9.97 Å². The number of para-hydroxylation sites is 4. The van der Waals surface area contributed by atoms with Crippen LogP contribution >= 0.6 is 0 Å². The summed E-state index contributed by atoms with van der Waals surface area (Å²) in [6.07, 6.45) is 0. The second kappa shape index (κ2) is 11.6.